The fourth-order valence-corrected chi connectivity index (χ4v) is 9.15. The van der Waals surface area contributed by atoms with Crippen molar-refractivity contribution in [2.24, 2.45) is 0 Å². The second-order valence-corrected chi connectivity index (χ2v) is 17.8. The molecule has 1 amide bonds. The Labute approximate surface area is 416 Å². The van der Waals surface area contributed by atoms with Crippen molar-refractivity contribution >= 4 is 62.8 Å². The summed E-state index contributed by atoms with van der Waals surface area (Å²) in [5, 5.41) is 7.84. The third kappa shape index (κ3) is 11.9. The molecular weight excluding hydrogens is 958 g/mol. The molecule has 0 saturated carbocycles. The van der Waals surface area contributed by atoms with Crippen LogP contribution in [0.3, 0.4) is 0 Å². The lowest BCUT2D eigenvalue weighted by Crippen LogP contribution is -2.46. The lowest BCUT2D eigenvalue weighted by atomic mass is 9.89. The average Bonchev–Trinajstić information content (AvgIpc) is 3.76. The number of hydrogen-bond donors (Lipinski definition) is 2. The molecule has 2 N–H and O–H groups in total. The topological polar surface area (TPSA) is 116 Å². The molecule has 2 saturated heterocycles. The van der Waals surface area contributed by atoms with Crippen LogP contribution in [0.2, 0.25) is 5.02 Å². The monoisotopic (exact) mass is 1010 g/mol. The molecule has 0 unspecified atom stereocenters. The zero-order valence-corrected chi connectivity index (χ0v) is 39.7. The summed E-state index contributed by atoms with van der Waals surface area (Å²) >= 11 is 6.14. The molecule has 0 bridgehead atoms. The van der Waals surface area contributed by atoms with Crippen molar-refractivity contribution in [3.8, 4) is 5.75 Å². The second-order valence-electron chi connectivity index (χ2n) is 17.4. The molecule has 72 heavy (non-hydrogen) atoms. The first kappa shape index (κ1) is 49.4. The van der Waals surface area contributed by atoms with Gasteiger partial charge in [0, 0.05) is 80.7 Å². The second kappa shape index (κ2) is 21.4. The van der Waals surface area contributed by atoms with E-state index in [1.165, 1.54) is 18.2 Å². The maximum Gasteiger partial charge on any atom is 0.573 e. The molecule has 2 aliphatic rings. The van der Waals surface area contributed by atoms with E-state index < -0.39 is 18.1 Å². The van der Waals surface area contributed by atoms with Crippen LogP contribution >= 0.6 is 11.6 Å². The van der Waals surface area contributed by atoms with E-state index in [9.17, 15) is 31.1 Å². The standard InChI is InChI=1S/C29H28ClF3N4O2.C24H21F3N6/c1-2-25-27(37-18-22(30)7-12-26(37)35-25)28(38)34-17-19-3-8-23(9-4-19)36-15-13-21(14-16-36)20-5-10-24(11-6-20)39-29(31,32)33;25-24(26,27)17-5-10-22(28-15-17)33-13-11-32(12-14-33)19-8-6-18(7-9-19)31-23-20-3-1-2-4-21(20)29-16-30-23/h3-12,18,21H,2,13-17H2,1H3,(H,34,38);1-10,15-16H,11-14H2,(H,29,30,31). The number of nitrogens with zero attached hydrogens (tertiary/aromatic N) is 8. The number of piperidine rings is 1. The Morgan fingerprint density at radius 3 is 2.06 bits per heavy atom. The van der Waals surface area contributed by atoms with Crippen molar-refractivity contribution in [1.29, 1.82) is 0 Å². The number of hydrogen-bond acceptors (Lipinski definition) is 10. The number of carbonyl (C=O) groups is 1. The number of nitrogens with one attached hydrogen (secondary N) is 2. The van der Waals surface area contributed by atoms with Crippen LogP contribution in [0.4, 0.5) is 55.0 Å². The first-order valence-electron chi connectivity index (χ1n) is 23.4. The van der Waals surface area contributed by atoms with Gasteiger partial charge >= 0.3 is 12.5 Å². The highest BCUT2D eigenvalue weighted by atomic mass is 35.5. The molecule has 8 aromatic rings. The molecular formula is C53H49ClF6N10O2. The van der Waals surface area contributed by atoms with Crippen LogP contribution in [0.1, 0.15) is 58.6 Å². The van der Waals surface area contributed by atoms with Gasteiger partial charge in [0.2, 0.25) is 0 Å². The predicted molar refractivity (Wildman–Crippen MR) is 267 cm³/mol. The minimum absolute atomic E-state index is 0.200. The molecule has 0 spiro atoms. The zero-order chi connectivity index (χ0) is 50.4. The van der Waals surface area contributed by atoms with Crippen molar-refractivity contribution in [3.05, 3.63) is 173 Å². The number of benzene rings is 4. The highest BCUT2D eigenvalue weighted by Crippen LogP contribution is 2.34. The zero-order valence-electron chi connectivity index (χ0n) is 39.0. The van der Waals surface area contributed by atoms with Crippen molar-refractivity contribution in [3.63, 3.8) is 0 Å². The van der Waals surface area contributed by atoms with E-state index in [1.807, 2.05) is 60.4 Å². The number of aromatic nitrogens is 5. The first-order chi connectivity index (χ1) is 34.7. The summed E-state index contributed by atoms with van der Waals surface area (Å²) in [4.78, 5) is 36.8. The number of amides is 1. The molecule has 19 heteroatoms. The largest absolute Gasteiger partial charge is 0.573 e. The Kier molecular flexibility index (Phi) is 14.7. The van der Waals surface area contributed by atoms with E-state index in [-0.39, 0.29) is 17.6 Å². The SMILES string of the molecule is CCc1nc2ccc(Cl)cn2c1C(=O)NCc1ccc(N2CCC(c3ccc(OC(F)(F)F)cc3)CC2)cc1.FC(F)(F)c1ccc(N2CCN(c3ccc(Nc4ncnc5ccccc45)cc3)CC2)nc1. The number of aryl methyl sites for hydroxylation is 1. The van der Waals surface area contributed by atoms with Gasteiger partial charge in [-0.1, -0.05) is 54.9 Å². The molecule has 4 aromatic carbocycles. The number of halogens is 7. The van der Waals surface area contributed by atoms with Gasteiger partial charge < -0.3 is 30.1 Å². The van der Waals surface area contributed by atoms with Crippen LogP contribution in [0.25, 0.3) is 16.6 Å². The van der Waals surface area contributed by atoms with Gasteiger partial charge in [-0.15, -0.1) is 13.2 Å². The molecule has 0 aliphatic carbocycles. The molecule has 4 aromatic heterocycles. The Morgan fingerprint density at radius 2 is 1.40 bits per heavy atom. The number of piperazine rings is 1. The maximum atomic E-state index is 13.0. The summed E-state index contributed by atoms with van der Waals surface area (Å²) in [6.45, 7) is 6.92. The minimum Gasteiger partial charge on any atom is -0.406 e. The molecule has 0 atom stereocenters. The molecule has 10 rings (SSSR count). The number of imidazole rings is 1. The normalized spacial score (nSPS) is 14.5. The first-order valence-corrected chi connectivity index (χ1v) is 23.8. The van der Waals surface area contributed by atoms with Crippen LogP contribution < -0.4 is 30.1 Å². The van der Waals surface area contributed by atoms with Crippen molar-refractivity contribution in [2.75, 3.05) is 59.3 Å². The number of pyridine rings is 2. The van der Waals surface area contributed by atoms with Gasteiger partial charge in [0.25, 0.3) is 5.91 Å². The summed E-state index contributed by atoms with van der Waals surface area (Å²) < 4.78 is 81.1. The minimum atomic E-state index is -4.68. The smallest absolute Gasteiger partial charge is 0.406 e. The molecule has 372 valence electrons. The highest BCUT2D eigenvalue weighted by molar-refractivity contribution is 6.30. The molecule has 2 aliphatic heterocycles. The molecule has 12 nitrogen and oxygen atoms in total. The third-order valence-electron chi connectivity index (χ3n) is 12.8. The molecule has 2 fully saturated rings. The van der Waals surface area contributed by atoms with Crippen LogP contribution in [0.5, 0.6) is 5.75 Å². The quantitative estimate of drug-likeness (QED) is 0.121. The van der Waals surface area contributed by atoms with E-state index in [0.29, 0.717) is 48.2 Å². The van der Waals surface area contributed by atoms with E-state index in [1.54, 1.807) is 41.2 Å². The molecule has 6 heterocycles. The highest BCUT2D eigenvalue weighted by Gasteiger charge is 2.32. The van der Waals surface area contributed by atoms with Crippen LogP contribution in [-0.4, -0.2) is 75.9 Å². The van der Waals surface area contributed by atoms with Gasteiger partial charge in [0.05, 0.1) is 21.8 Å². The summed E-state index contributed by atoms with van der Waals surface area (Å²) in [6.07, 6.45) is -2.47. The Hall–Kier alpha value is -7.60. The Balaban J connectivity index is 0.000000180. The van der Waals surface area contributed by atoms with Crippen LogP contribution in [-0.2, 0) is 19.1 Å². The number of fused-ring (bicyclic) bond motifs is 2. The number of para-hydroxylation sites is 1. The number of anilines is 5. The fraction of sp³-hybridized carbons (Fsp3) is 0.264. The lowest BCUT2D eigenvalue weighted by molar-refractivity contribution is -0.274. The summed E-state index contributed by atoms with van der Waals surface area (Å²) in [6, 6.07) is 36.3. The van der Waals surface area contributed by atoms with E-state index in [4.69, 9.17) is 11.6 Å². The van der Waals surface area contributed by atoms with Gasteiger partial charge in [-0.3, -0.25) is 9.20 Å². The summed E-state index contributed by atoms with van der Waals surface area (Å²) in [5.41, 5.74) is 7.17. The maximum absolute atomic E-state index is 13.0. The van der Waals surface area contributed by atoms with E-state index >= 15 is 0 Å². The number of alkyl halides is 6. The lowest BCUT2D eigenvalue weighted by Gasteiger charge is -2.36. The van der Waals surface area contributed by atoms with E-state index in [2.05, 4.69) is 69.4 Å². The number of rotatable bonds is 11. The van der Waals surface area contributed by atoms with E-state index in [0.717, 1.165) is 102 Å². The van der Waals surface area contributed by atoms with Crippen LogP contribution in [0.15, 0.2) is 140 Å². The van der Waals surface area contributed by atoms with Gasteiger partial charge in [0.1, 0.15) is 35.1 Å². The average molecular weight is 1010 g/mol. The number of ether oxygens (including phenoxy) is 1. The van der Waals surface area contributed by atoms with Crippen molar-refractivity contribution in [2.45, 2.75) is 51.2 Å². The Morgan fingerprint density at radius 1 is 0.736 bits per heavy atom. The van der Waals surface area contributed by atoms with Gasteiger partial charge in [-0.05, 0) is 121 Å². The van der Waals surface area contributed by atoms with Gasteiger partial charge in [-0.25, -0.2) is 19.9 Å². The fourth-order valence-electron chi connectivity index (χ4n) is 8.99. The summed E-state index contributed by atoms with van der Waals surface area (Å²) in [7, 11) is 0. The predicted octanol–water partition coefficient (Wildman–Crippen LogP) is 11.9. The Bertz CT molecular complexity index is 3100. The molecule has 0 radical (unpaired) electrons. The van der Waals surface area contributed by atoms with Crippen LogP contribution in [0, 0.1) is 0 Å². The third-order valence-corrected chi connectivity index (χ3v) is 13.0. The van der Waals surface area contributed by atoms with Crippen molar-refractivity contribution in [1.82, 2.24) is 29.7 Å². The number of carbonyl (C=O) groups excluding carboxylic acids is 1. The van der Waals surface area contributed by atoms with Gasteiger partial charge in [0.15, 0.2) is 0 Å². The van der Waals surface area contributed by atoms with Gasteiger partial charge in [-0.2, -0.15) is 13.2 Å². The summed E-state index contributed by atoms with van der Waals surface area (Å²) in [5.74, 6) is 1.21. The van der Waals surface area contributed by atoms with Crippen molar-refractivity contribution < 1.29 is 35.9 Å².